The molecule has 2 atom stereocenters. The predicted octanol–water partition coefficient (Wildman–Crippen LogP) is 3.20. The van der Waals surface area contributed by atoms with E-state index in [0.717, 1.165) is 13.1 Å². The van der Waals surface area contributed by atoms with Crippen molar-refractivity contribution in [1.82, 2.24) is 9.80 Å². The summed E-state index contributed by atoms with van der Waals surface area (Å²) in [6.45, 7) is 4.79. The summed E-state index contributed by atoms with van der Waals surface area (Å²) in [4.78, 5) is 5.20. The molecule has 0 aliphatic carbocycles. The van der Waals surface area contributed by atoms with Gasteiger partial charge in [-0.05, 0) is 37.9 Å². The van der Waals surface area contributed by atoms with Gasteiger partial charge in [-0.1, -0.05) is 36.8 Å². The van der Waals surface area contributed by atoms with Crippen LogP contribution in [0, 0.1) is 11.3 Å². The number of rotatable bonds is 4. The number of hydrogen-bond donors (Lipinski definition) is 0. The van der Waals surface area contributed by atoms with Crippen LogP contribution in [0.1, 0.15) is 43.7 Å². The monoisotopic (exact) mass is 283 g/mol. The number of nitrogens with zero attached hydrogens (tertiary/aromatic N) is 3. The van der Waals surface area contributed by atoms with Crippen LogP contribution in [0.4, 0.5) is 0 Å². The summed E-state index contributed by atoms with van der Waals surface area (Å²) in [6, 6.07) is 13.9. The molecule has 2 heterocycles. The van der Waals surface area contributed by atoms with Crippen molar-refractivity contribution in [2.75, 3.05) is 26.2 Å². The molecule has 0 spiro atoms. The van der Waals surface area contributed by atoms with Crippen molar-refractivity contribution in [1.29, 1.82) is 5.26 Å². The SMILES string of the molecule is N#CCC(c1ccccc1)N1CCC(N2CCCCC2)C1. The topological polar surface area (TPSA) is 30.3 Å². The average Bonchev–Trinajstić information content (AvgIpc) is 3.04. The van der Waals surface area contributed by atoms with Gasteiger partial charge in [0.1, 0.15) is 0 Å². The lowest BCUT2D eigenvalue weighted by molar-refractivity contribution is 0.152. The molecule has 21 heavy (non-hydrogen) atoms. The lowest BCUT2D eigenvalue weighted by atomic mass is 10.0. The molecule has 2 saturated heterocycles. The Labute approximate surface area is 128 Å². The smallest absolute Gasteiger partial charge is 0.0641 e. The van der Waals surface area contributed by atoms with Crippen molar-refractivity contribution >= 4 is 0 Å². The molecule has 2 unspecified atom stereocenters. The maximum absolute atomic E-state index is 9.19. The molecule has 3 rings (SSSR count). The number of hydrogen-bond acceptors (Lipinski definition) is 3. The third-order valence-corrected chi connectivity index (χ3v) is 5.01. The highest BCUT2D eigenvalue weighted by atomic mass is 15.3. The Morgan fingerprint density at radius 2 is 1.86 bits per heavy atom. The molecule has 2 fully saturated rings. The van der Waals surface area contributed by atoms with E-state index in [2.05, 4.69) is 40.1 Å². The molecule has 1 aromatic rings. The standard InChI is InChI=1S/C18H25N3/c19-11-9-18(16-7-3-1-4-8-16)21-14-10-17(15-21)20-12-5-2-6-13-20/h1,3-4,7-8,17-18H,2,5-6,9-10,12-15H2. The lowest BCUT2D eigenvalue weighted by Crippen LogP contribution is -2.41. The largest absolute Gasteiger partial charge is 0.299 e. The van der Waals surface area contributed by atoms with Crippen molar-refractivity contribution in [2.24, 2.45) is 0 Å². The van der Waals surface area contributed by atoms with Gasteiger partial charge in [0.2, 0.25) is 0 Å². The maximum atomic E-state index is 9.19. The zero-order valence-electron chi connectivity index (χ0n) is 12.7. The molecule has 0 N–H and O–H groups in total. The van der Waals surface area contributed by atoms with Gasteiger partial charge in [0.25, 0.3) is 0 Å². The summed E-state index contributed by atoms with van der Waals surface area (Å²) in [5.74, 6) is 0. The quantitative estimate of drug-likeness (QED) is 0.850. The third-order valence-electron chi connectivity index (χ3n) is 5.01. The minimum absolute atomic E-state index is 0.269. The highest BCUT2D eigenvalue weighted by molar-refractivity contribution is 5.20. The summed E-state index contributed by atoms with van der Waals surface area (Å²) in [7, 11) is 0. The second-order valence-electron chi connectivity index (χ2n) is 6.32. The van der Waals surface area contributed by atoms with Crippen LogP contribution < -0.4 is 0 Å². The molecule has 0 aromatic heterocycles. The van der Waals surface area contributed by atoms with Crippen molar-refractivity contribution in [3.8, 4) is 6.07 Å². The minimum atomic E-state index is 0.269. The van der Waals surface area contributed by atoms with E-state index in [0.29, 0.717) is 12.5 Å². The summed E-state index contributed by atoms with van der Waals surface area (Å²) < 4.78 is 0. The highest BCUT2D eigenvalue weighted by Gasteiger charge is 2.32. The Balaban J connectivity index is 1.66. The molecule has 0 amide bonds. The molecule has 3 nitrogen and oxygen atoms in total. The van der Waals surface area contributed by atoms with Crippen molar-refractivity contribution < 1.29 is 0 Å². The maximum Gasteiger partial charge on any atom is 0.0641 e. The fourth-order valence-electron chi connectivity index (χ4n) is 3.85. The molecule has 2 aliphatic rings. The van der Waals surface area contributed by atoms with Gasteiger partial charge >= 0.3 is 0 Å². The van der Waals surface area contributed by atoms with Crippen LogP contribution in [0.5, 0.6) is 0 Å². The molecule has 0 bridgehead atoms. The molecular weight excluding hydrogens is 258 g/mol. The molecule has 0 saturated carbocycles. The van der Waals surface area contributed by atoms with Gasteiger partial charge in [0.15, 0.2) is 0 Å². The average molecular weight is 283 g/mol. The molecule has 3 heteroatoms. The van der Waals surface area contributed by atoms with E-state index in [9.17, 15) is 5.26 Å². The zero-order valence-corrected chi connectivity index (χ0v) is 12.7. The first-order chi connectivity index (χ1) is 10.4. The molecule has 2 aliphatic heterocycles. The molecule has 0 radical (unpaired) electrons. The van der Waals surface area contributed by atoms with E-state index < -0.39 is 0 Å². The number of piperidine rings is 1. The van der Waals surface area contributed by atoms with E-state index in [-0.39, 0.29) is 6.04 Å². The number of benzene rings is 1. The lowest BCUT2D eigenvalue weighted by Gasteiger charge is -2.33. The van der Waals surface area contributed by atoms with E-state index >= 15 is 0 Å². The highest BCUT2D eigenvalue weighted by Crippen LogP contribution is 2.30. The van der Waals surface area contributed by atoms with E-state index in [1.165, 1.54) is 44.3 Å². The fraction of sp³-hybridized carbons (Fsp3) is 0.611. The third kappa shape index (κ3) is 3.45. The summed E-state index contributed by atoms with van der Waals surface area (Å²) in [5, 5.41) is 9.19. The first kappa shape index (κ1) is 14.6. The van der Waals surface area contributed by atoms with Gasteiger partial charge < -0.3 is 0 Å². The second kappa shape index (κ2) is 7.06. The van der Waals surface area contributed by atoms with E-state index in [1.807, 2.05) is 6.07 Å². The molecule has 112 valence electrons. The van der Waals surface area contributed by atoms with Gasteiger partial charge in [-0.3, -0.25) is 9.80 Å². The van der Waals surface area contributed by atoms with Crippen molar-refractivity contribution in [2.45, 2.75) is 44.2 Å². The molecule has 1 aromatic carbocycles. The predicted molar refractivity (Wildman–Crippen MR) is 84.8 cm³/mol. The first-order valence-corrected chi connectivity index (χ1v) is 8.28. The van der Waals surface area contributed by atoms with Gasteiger partial charge in [0.05, 0.1) is 12.5 Å². The van der Waals surface area contributed by atoms with E-state index in [4.69, 9.17) is 0 Å². The van der Waals surface area contributed by atoms with Crippen LogP contribution in [0.3, 0.4) is 0 Å². The normalized spacial score (nSPS) is 25.6. The van der Waals surface area contributed by atoms with Crippen LogP contribution in [0.2, 0.25) is 0 Å². The minimum Gasteiger partial charge on any atom is -0.299 e. The van der Waals surface area contributed by atoms with Gasteiger partial charge in [-0.25, -0.2) is 0 Å². The Bertz CT molecular complexity index is 473. The van der Waals surface area contributed by atoms with E-state index in [1.54, 1.807) is 0 Å². The number of likely N-dealkylation sites (tertiary alicyclic amines) is 2. The van der Waals surface area contributed by atoms with Crippen molar-refractivity contribution in [3.05, 3.63) is 35.9 Å². The van der Waals surface area contributed by atoms with Crippen LogP contribution in [-0.4, -0.2) is 42.0 Å². The zero-order chi connectivity index (χ0) is 14.5. The van der Waals surface area contributed by atoms with Crippen LogP contribution in [-0.2, 0) is 0 Å². The number of nitriles is 1. The second-order valence-corrected chi connectivity index (χ2v) is 6.32. The van der Waals surface area contributed by atoms with Gasteiger partial charge in [-0.15, -0.1) is 0 Å². The summed E-state index contributed by atoms with van der Waals surface area (Å²) in [6.07, 6.45) is 5.97. The Kier molecular flexibility index (Phi) is 4.90. The summed E-state index contributed by atoms with van der Waals surface area (Å²) in [5.41, 5.74) is 1.29. The van der Waals surface area contributed by atoms with Gasteiger partial charge in [0, 0.05) is 25.2 Å². The van der Waals surface area contributed by atoms with Crippen molar-refractivity contribution in [3.63, 3.8) is 0 Å². The molecular formula is C18H25N3. The summed E-state index contributed by atoms with van der Waals surface area (Å²) >= 11 is 0. The van der Waals surface area contributed by atoms with Crippen LogP contribution in [0.15, 0.2) is 30.3 Å². The fourth-order valence-corrected chi connectivity index (χ4v) is 3.85. The first-order valence-electron chi connectivity index (χ1n) is 8.28. The Morgan fingerprint density at radius 3 is 2.57 bits per heavy atom. The van der Waals surface area contributed by atoms with Gasteiger partial charge in [-0.2, -0.15) is 5.26 Å². The Hall–Kier alpha value is -1.37. The Morgan fingerprint density at radius 1 is 1.10 bits per heavy atom. The van der Waals surface area contributed by atoms with Crippen LogP contribution in [0.25, 0.3) is 0 Å². The van der Waals surface area contributed by atoms with Crippen LogP contribution >= 0.6 is 0 Å².